The maximum Gasteiger partial charge on any atom is 0.345 e. The number of carbonyl (C=O) groups is 1. The summed E-state index contributed by atoms with van der Waals surface area (Å²) in [5.74, 6) is -0.288. The molecule has 5 heteroatoms. The van der Waals surface area contributed by atoms with E-state index in [9.17, 15) is 4.79 Å². The van der Waals surface area contributed by atoms with Gasteiger partial charge in [0.1, 0.15) is 6.61 Å². The number of benzene rings is 1. The Labute approximate surface area is 152 Å². The van der Waals surface area contributed by atoms with E-state index < -0.39 is 13.8 Å². The summed E-state index contributed by atoms with van der Waals surface area (Å²) in [6.45, 7) is 17.4. The molecule has 0 radical (unpaired) electrons. The van der Waals surface area contributed by atoms with Gasteiger partial charge in [0.25, 0.3) is 0 Å². The lowest BCUT2D eigenvalue weighted by molar-refractivity contribution is -0.149. The molecule has 0 saturated heterocycles. The predicted octanol–water partition coefficient (Wildman–Crippen LogP) is 5.61. The standard InChI is InChI=1S/C19H32O3SSi/c1-18(2,3)23-17(22-24(7,8)19(4,5)6)16(20)21-14-15-12-10-9-11-13-15/h9-13,17H,14H2,1-8H3. The van der Waals surface area contributed by atoms with Crippen LogP contribution < -0.4 is 0 Å². The molecule has 1 aromatic rings. The predicted molar refractivity (Wildman–Crippen MR) is 106 cm³/mol. The highest BCUT2D eigenvalue weighted by Gasteiger charge is 2.42. The number of esters is 1. The van der Waals surface area contributed by atoms with E-state index in [-0.39, 0.29) is 22.4 Å². The van der Waals surface area contributed by atoms with Crippen LogP contribution in [0, 0.1) is 0 Å². The van der Waals surface area contributed by atoms with Crippen LogP contribution in [0.25, 0.3) is 0 Å². The average molecular weight is 369 g/mol. The van der Waals surface area contributed by atoms with Crippen molar-refractivity contribution >= 4 is 26.0 Å². The lowest BCUT2D eigenvalue weighted by Gasteiger charge is -2.39. The molecule has 1 unspecified atom stereocenters. The first-order valence-corrected chi connectivity index (χ1v) is 12.2. The number of carbonyl (C=O) groups excluding carboxylic acids is 1. The molecule has 0 aromatic heterocycles. The van der Waals surface area contributed by atoms with Crippen LogP contribution in [0.15, 0.2) is 30.3 Å². The molecular weight excluding hydrogens is 336 g/mol. The fourth-order valence-electron chi connectivity index (χ4n) is 1.68. The van der Waals surface area contributed by atoms with E-state index in [4.69, 9.17) is 9.16 Å². The van der Waals surface area contributed by atoms with Gasteiger partial charge in [-0.15, -0.1) is 11.8 Å². The zero-order valence-electron chi connectivity index (χ0n) is 16.3. The second-order valence-corrected chi connectivity index (χ2v) is 15.2. The van der Waals surface area contributed by atoms with Gasteiger partial charge >= 0.3 is 5.97 Å². The first kappa shape index (κ1) is 21.3. The van der Waals surface area contributed by atoms with Crippen molar-refractivity contribution in [3.8, 4) is 0 Å². The molecule has 0 fully saturated rings. The monoisotopic (exact) mass is 368 g/mol. The molecule has 0 aliphatic heterocycles. The second-order valence-electron chi connectivity index (χ2n) is 8.53. The van der Waals surface area contributed by atoms with Crippen LogP contribution in [0.4, 0.5) is 0 Å². The molecule has 0 aliphatic carbocycles. The van der Waals surface area contributed by atoms with Crippen LogP contribution in [0.2, 0.25) is 18.1 Å². The fourth-order valence-corrected chi connectivity index (χ4v) is 4.39. The number of ether oxygens (including phenoxy) is 1. The quantitative estimate of drug-likeness (QED) is 0.371. The van der Waals surface area contributed by atoms with Crippen molar-refractivity contribution in [2.45, 2.75) is 76.5 Å². The molecule has 136 valence electrons. The van der Waals surface area contributed by atoms with Crippen LogP contribution in [-0.4, -0.2) is 24.5 Å². The van der Waals surface area contributed by atoms with E-state index in [2.05, 4.69) is 54.6 Å². The molecule has 0 aliphatic rings. The minimum atomic E-state index is -2.06. The molecule has 0 bridgehead atoms. The summed E-state index contributed by atoms with van der Waals surface area (Å²) < 4.78 is 11.8. The highest BCUT2D eigenvalue weighted by Crippen LogP contribution is 2.40. The Kier molecular flexibility index (Phi) is 7.14. The number of thioether (sulfide) groups is 1. The highest BCUT2D eigenvalue weighted by molar-refractivity contribution is 8.01. The normalized spacial score (nSPS) is 14.3. The lowest BCUT2D eigenvalue weighted by atomic mass is 10.2. The van der Waals surface area contributed by atoms with Crippen LogP contribution in [-0.2, 0) is 20.6 Å². The molecule has 0 amide bonds. The minimum Gasteiger partial charge on any atom is -0.458 e. The van der Waals surface area contributed by atoms with Crippen LogP contribution in [0.1, 0.15) is 47.1 Å². The van der Waals surface area contributed by atoms with Crippen molar-refractivity contribution in [1.29, 1.82) is 0 Å². The molecule has 0 saturated carbocycles. The van der Waals surface area contributed by atoms with Gasteiger partial charge in [-0.2, -0.15) is 0 Å². The van der Waals surface area contributed by atoms with E-state index in [1.165, 1.54) is 11.8 Å². The van der Waals surface area contributed by atoms with E-state index in [1.54, 1.807) is 0 Å². The van der Waals surface area contributed by atoms with Gasteiger partial charge in [0, 0.05) is 4.75 Å². The van der Waals surface area contributed by atoms with Gasteiger partial charge in [-0.05, 0) is 23.7 Å². The van der Waals surface area contributed by atoms with Gasteiger partial charge in [-0.25, -0.2) is 4.79 Å². The summed E-state index contributed by atoms with van der Waals surface area (Å²) in [4.78, 5) is 12.7. The van der Waals surface area contributed by atoms with E-state index in [0.717, 1.165) is 5.56 Å². The number of hydrogen-bond donors (Lipinski definition) is 0. The molecule has 1 rings (SSSR count). The summed E-state index contributed by atoms with van der Waals surface area (Å²) in [5.41, 5.74) is 0.396. The number of rotatable bonds is 6. The van der Waals surface area contributed by atoms with E-state index >= 15 is 0 Å². The Morgan fingerprint density at radius 2 is 1.62 bits per heavy atom. The largest absolute Gasteiger partial charge is 0.458 e. The Bertz CT molecular complexity index is 530. The summed E-state index contributed by atoms with van der Waals surface area (Å²) >= 11 is 1.53. The number of hydrogen-bond acceptors (Lipinski definition) is 4. The minimum absolute atomic E-state index is 0.0450. The van der Waals surface area contributed by atoms with Crippen LogP contribution >= 0.6 is 11.8 Å². The van der Waals surface area contributed by atoms with Crippen molar-refractivity contribution in [3.63, 3.8) is 0 Å². The fraction of sp³-hybridized carbons (Fsp3) is 0.632. The van der Waals surface area contributed by atoms with Crippen molar-refractivity contribution < 1.29 is 14.0 Å². The Morgan fingerprint density at radius 1 is 1.08 bits per heavy atom. The zero-order valence-corrected chi connectivity index (χ0v) is 18.1. The Morgan fingerprint density at radius 3 is 2.08 bits per heavy atom. The van der Waals surface area contributed by atoms with E-state index in [1.807, 2.05) is 30.3 Å². The van der Waals surface area contributed by atoms with Gasteiger partial charge in [0.05, 0.1) is 0 Å². The molecule has 1 aromatic carbocycles. The maximum atomic E-state index is 12.7. The van der Waals surface area contributed by atoms with Gasteiger partial charge in [0.15, 0.2) is 13.8 Å². The van der Waals surface area contributed by atoms with Gasteiger partial charge in [0.2, 0.25) is 0 Å². The molecular formula is C19H32O3SSi. The SMILES string of the molecule is CC(C)(C)SC(O[Si](C)(C)C(C)(C)C)C(=O)OCc1ccccc1. The first-order chi connectivity index (χ1) is 10.8. The van der Waals surface area contributed by atoms with Crippen molar-refractivity contribution in [2.24, 2.45) is 0 Å². The van der Waals surface area contributed by atoms with Gasteiger partial charge < -0.3 is 9.16 Å². The zero-order chi connectivity index (χ0) is 18.6. The smallest absolute Gasteiger partial charge is 0.345 e. The lowest BCUT2D eigenvalue weighted by Crippen LogP contribution is -2.46. The molecule has 1 atom stereocenters. The van der Waals surface area contributed by atoms with Crippen molar-refractivity contribution in [1.82, 2.24) is 0 Å². The van der Waals surface area contributed by atoms with Crippen molar-refractivity contribution in [3.05, 3.63) is 35.9 Å². The van der Waals surface area contributed by atoms with Crippen LogP contribution in [0.3, 0.4) is 0 Å². The third kappa shape index (κ3) is 6.99. The van der Waals surface area contributed by atoms with Crippen LogP contribution in [0.5, 0.6) is 0 Å². The maximum absolute atomic E-state index is 12.7. The topological polar surface area (TPSA) is 35.5 Å². The highest BCUT2D eigenvalue weighted by atomic mass is 32.2. The molecule has 3 nitrogen and oxygen atoms in total. The Balaban J connectivity index is 2.83. The van der Waals surface area contributed by atoms with Gasteiger partial charge in [-0.1, -0.05) is 71.9 Å². The summed E-state index contributed by atoms with van der Waals surface area (Å²) in [7, 11) is -2.06. The third-order valence-electron chi connectivity index (χ3n) is 4.08. The molecule has 0 spiro atoms. The molecule has 24 heavy (non-hydrogen) atoms. The van der Waals surface area contributed by atoms with Crippen molar-refractivity contribution in [2.75, 3.05) is 0 Å². The summed E-state index contributed by atoms with van der Waals surface area (Å²) in [5, 5.41) is 0.0450. The van der Waals surface area contributed by atoms with Gasteiger partial charge in [-0.3, -0.25) is 0 Å². The van der Waals surface area contributed by atoms with E-state index in [0.29, 0.717) is 0 Å². The Hall–Kier alpha value is -0.783. The average Bonchev–Trinajstić information content (AvgIpc) is 2.42. The third-order valence-corrected chi connectivity index (χ3v) is 9.90. The summed E-state index contributed by atoms with van der Waals surface area (Å²) in [6, 6.07) is 9.74. The second kappa shape index (κ2) is 8.06. The summed E-state index contributed by atoms with van der Waals surface area (Å²) in [6.07, 6.45) is 0. The first-order valence-electron chi connectivity index (χ1n) is 8.38. The molecule has 0 heterocycles. The molecule has 0 N–H and O–H groups in total.